The van der Waals surface area contributed by atoms with Gasteiger partial charge in [0.1, 0.15) is 0 Å². The van der Waals surface area contributed by atoms with Crippen molar-refractivity contribution in [2.75, 3.05) is 0 Å². The predicted molar refractivity (Wildman–Crippen MR) is 65.3 cm³/mol. The van der Waals surface area contributed by atoms with Crippen LogP contribution in [0, 0.1) is 13.8 Å². The fourth-order valence-electron chi connectivity index (χ4n) is 1.94. The molecule has 0 aliphatic heterocycles. The quantitative estimate of drug-likeness (QED) is 0.836. The third kappa shape index (κ3) is 2.17. The molecular weight excluding hydrogens is 198 g/mol. The first-order chi connectivity index (χ1) is 7.68. The zero-order chi connectivity index (χ0) is 11.5. The van der Waals surface area contributed by atoms with E-state index in [4.69, 9.17) is 0 Å². The maximum atomic E-state index is 10.1. The molecule has 1 aromatic heterocycles. The van der Waals surface area contributed by atoms with Crippen LogP contribution >= 0.6 is 0 Å². The third-order valence-corrected chi connectivity index (χ3v) is 2.96. The summed E-state index contributed by atoms with van der Waals surface area (Å²) in [5.74, 6) is 0. The van der Waals surface area contributed by atoms with Crippen molar-refractivity contribution in [1.82, 2.24) is 4.57 Å². The van der Waals surface area contributed by atoms with E-state index in [-0.39, 0.29) is 0 Å². The molecule has 0 aliphatic carbocycles. The summed E-state index contributed by atoms with van der Waals surface area (Å²) in [6, 6.07) is 13.9. The summed E-state index contributed by atoms with van der Waals surface area (Å²) in [5.41, 5.74) is 3.34. The summed E-state index contributed by atoms with van der Waals surface area (Å²) in [4.78, 5) is 0. The van der Waals surface area contributed by atoms with Gasteiger partial charge in [-0.1, -0.05) is 30.3 Å². The van der Waals surface area contributed by atoms with Gasteiger partial charge in [-0.2, -0.15) is 0 Å². The van der Waals surface area contributed by atoms with Gasteiger partial charge in [-0.05, 0) is 31.5 Å². The number of benzene rings is 1. The van der Waals surface area contributed by atoms with Crippen molar-refractivity contribution >= 4 is 0 Å². The summed E-state index contributed by atoms with van der Waals surface area (Å²) in [6.45, 7) is 4.74. The van der Waals surface area contributed by atoms with Gasteiger partial charge in [0.25, 0.3) is 0 Å². The van der Waals surface area contributed by atoms with Crippen LogP contribution in [0.15, 0.2) is 42.5 Å². The molecule has 2 nitrogen and oxygen atoms in total. The molecule has 0 saturated heterocycles. The Kier molecular flexibility index (Phi) is 3.11. The Bertz CT molecular complexity index is 439. The largest absolute Gasteiger partial charge is 0.387 e. The molecule has 0 fully saturated rings. The van der Waals surface area contributed by atoms with Gasteiger partial charge in [-0.15, -0.1) is 0 Å². The standard InChI is InChI=1S/C14H17NO/c1-11-8-9-12(2)15(11)10-14(16)13-6-4-3-5-7-13/h3-9,14,16H,10H2,1-2H3. The molecule has 2 aromatic rings. The van der Waals surface area contributed by atoms with Gasteiger partial charge in [0.2, 0.25) is 0 Å². The average molecular weight is 215 g/mol. The van der Waals surface area contributed by atoms with E-state index in [0.29, 0.717) is 6.54 Å². The molecule has 16 heavy (non-hydrogen) atoms. The van der Waals surface area contributed by atoms with Crippen LogP contribution in [0.1, 0.15) is 23.1 Å². The van der Waals surface area contributed by atoms with Crippen molar-refractivity contribution in [1.29, 1.82) is 0 Å². The molecule has 0 saturated carbocycles. The van der Waals surface area contributed by atoms with E-state index < -0.39 is 6.10 Å². The number of aromatic nitrogens is 1. The minimum atomic E-state index is -0.439. The number of hydrogen-bond acceptors (Lipinski definition) is 1. The molecule has 0 aliphatic rings. The molecule has 1 heterocycles. The lowest BCUT2D eigenvalue weighted by molar-refractivity contribution is 0.155. The molecule has 0 radical (unpaired) electrons. The van der Waals surface area contributed by atoms with Crippen LogP contribution in [0.3, 0.4) is 0 Å². The molecule has 1 aromatic carbocycles. The number of aliphatic hydroxyl groups is 1. The van der Waals surface area contributed by atoms with E-state index in [9.17, 15) is 5.11 Å². The minimum absolute atomic E-state index is 0.439. The summed E-state index contributed by atoms with van der Waals surface area (Å²) >= 11 is 0. The normalized spacial score (nSPS) is 12.7. The van der Waals surface area contributed by atoms with Crippen molar-refractivity contribution in [3.8, 4) is 0 Å². The molecule has 1 atom stereocenters. The average Bonchev–Trinajstić information content (AvgIpc) is 2.62. The van der Waals surface area contributed by atoms with Gasteiger partial charge < -0.3 is 9.67 Å². The van der Waals surface area contributed by atoms with E-state index in [0.717, 1.165) is 5.56 Å². The van der Waals surface area contributed by atoms with Crippen molar-refractivity contribution in [3.05, 3.63) is 59.4 Å². The van der Waals surface area contributed by atoms with Crippen LogP contribution in [-0.4, -0.2) is 9.67 Å². The van der Waals surface area contributed by atoms with E-state index in [1.807, 2.05) is 30.3 Å². The Morgan fingerprint density at radius 2 is 1.56 bits per heavy atom. The van der Waals surface area contributed by atoms with Crippen molar-refractivity contribution in [3.63, 3.8) is 0 Å². The maximum absolute atomic E-state index is 10.1. The Balaban J connectivity index is 2.17. The molecule has 0 amide bonds. The molecule has 0 spiro atoms. The number of aliphatic hydroxyl groups excluding tert-OH is 1. The van der Waals surface area contributed by atoms with Gasteiger partial charge >= 0.3 is 0 Å². The van der Waals surface area contributed by atoms with Crippen LogP contribution in [0.5, 0.6) is 0 Å². The molecule has 84 valence electrons. The zero-order valence-corrected chi connectivity index (χ0v) is 9.72. The van der Waals surface area contributed by atoms with E-state index in [1.54, 1.807) is 0 Å². The van der Waals surface area contributed by atoms with Crippen LogP contribution in [-0.2, 0) is 6.54 Å². The number of aryl methyl sites for hydroxylation is 2. The Labute approximate surface area is 96.2 Å². The van der Waals surface area contributed by atoms with E-state index in [1.165, 1.54) is 11.4 Å². The molecule has 1 unspecified atom stereocenters. The molecule has 1 N–H and O–H groups in total. The molecular formula is C14H17NO. The third-order valence-electron chi connectivity index (χ3n) is 2.96. The second-order valence-corrected chi connectivity index (χ2v) is 4.15. The fourth-order valence-corrected chi connectivity index (χ4v) is 1.94. The number of rotatable bonds is 3. The number of nitrogens with zero attached hydrogens (tertiary/aromatic N) is 1. The smallest absolute Gasteiger partial charge is 0.0968 e. The van der Waals surface area contributed by atoms with Gasteiger partial charge in [0.05, 0.1) is 12.6 Å². The Morgan fingerprint density at radius 1 is 1.00 bits per heavy atom. The van der Waals surface area contributed by atoms with Crippen molar-refractivity contribution < 1.29 is 5.11 Å². The summed E-state index contributed by atoms with van der Waals surface area (Å²) < 4.78 is 2.14. The first-order valence-electron chi connectivity index (χ1n) is 5.54. The highest BCUT2D eigenvalue weighted by Crippen LogP contribution is 2.17. The van der Waals surface area contributed by atoms with Gasteiger partial charge in [-0.25, -0.2) is 0 Å². The summed E-state index contributed by atoms with van der Waals surface area (Å²) in [6.07, 6.45) is -0.439. The Hall–Kier alpha value is -1.54. The van der Waals surface area contributed by atoms with Crippen molar-refractivity contribution in [2.45, 2.75) is 26.5 Å². The van der Waals surface area contributed by atoms with E-state index >= 15 is 0 Å². The summed E-state index contributed by atoms with van der Waals surface area (Å²) in [5, 5.41) is 10.1. The van der Waals surface area contributed by atoms with Crippen LogP contribution < -0.4 is 0 Å². The van der Waals surface area contributed by atoms with Gasteiger partial charge in [0, 0.05) is 11.4 Å². The highest BCUT2D eigenvalue weighted by molar-refractivity contribution is 5.19. The summed E-state index contributed by atoms with van der Waals surface area (Å²) in [7, 11) is 0. The van der Waals surface area contributed by atoms with Crippen molar-refractivity contribution in [2.24, 2.45) is 0 Å². The zero-order valence-electron chi connectivity index (χ0n) is 9.72. The second kappa shape index (κ2) is 4.54. The van der Waals surface area contributed by atoms with Crippen LogP contribution in [0.4, 0.5) is 0 Å². The highest BCUT2D eigenvalue weighted by Gasteiger charge is 2.10. The molecule has 0 bridgehead atoms. The van der Waals surface area contributed by atoms with Crippen LogP contribution in [0.2, 0.25) is 0 Å². The lowest BCUT2D eigenvalue weighted by Crippen LogP contribution is -2.10. The van der Waals surface area contributed by atoms with Gasteiger partial charge in [0.15, 0.2) is 0 Å². The molecule has 2 rings (SSSR count). The maximum Gasteiger partial charge on any atom is 0.0968 e. The SMILES string of the molecule is Cc1ccc(C)n1CC(O)c1ccccc1. The fraction of sp³-hybridized carbons (Fsp3) is 0.286. The molecule has 2 heteroatoms. The number of hydrogen-bond donors (Lipinski definition) is 1. The lowest BCUT2D eigenvalue weighted by atomic mass is 10.1. The van der Waals surface area contributed by atoms with Gasteiger partial charge in [-0.3, -0.25) is 0 Å². The minimum Gasteiger partial charge on any atom is -0.387 e. The van der Waals surface area contributed by atoms with Crippen LogP contribution in [0.25, 0.3) is 0 Å². The lowest BCUT2D eigenvalue weighted by Gasteiger charge is -2.15. The Morgan fingerprint density at radius 3 is 2.12 bits per heavy atom. The second-order valence-electron chi connectivity index (χ2n) is 4.15. The predicted octanol–water partition coefficient (Wildman–Crippen LogP) is 2.84. The first-order valence-corrected chi connectivity index (χ1v) is 5.54. The first kappa shape index (κ1) is 11.0. The van der Waals surface area contributed by atoms with E-state index in [2.05, 4.69) is 30.5 Å². The highest BCUT2D eigenvalue weighted by atomic mass is 16.3. The topological polar surface area (TPSA) is 25.2 Å². The monoisotopic (exact) mass is 215 g/mol.